The molecule has 1 aromatic rings. The molecule has 118 valence electrons. The number of carbonyl (C=O) groups excluding carboxylic acids is 1. The molecule has 2 N–H and O–H groups in total. The molecule has 1 rings (SSSR count). The van der Waals surface area contributed by atoms with Crippen molar-refractivity contribution in [3.05, 3.63) is 23.8 Å². The Morgan fingerprint density at radius 3 is 2.38 bits per heavy atom. The van der Waals surface area contributed by atoms with E-state index in [-0.39, 0.29) is 21.9 Å². The molecule has 0 spiro atoms. The maximum absolute atomic E-state index is 12.6. The quantitative estimate of drug-likeness (QED) is 0.894. The fourth-order valence-electron chi connectivity index (χ4n) is 1.72. The Kier molecular flexibility index (Phi) is 5.01. The van der Waals surface area contributed by atoms with Gasteiger partial charge < -0.3 is 9.64 Å². The van der Waals surface area contributed by atoms with Gasteiger partial charge >= 0.3 is 0 Å². The van der Waals surface area contributed by atoms with Crippen LogP contribution in [0.25, 0.3) is 0 Å². The monoisotopic (exact) mass is 314 g/mol. The summed E-state index contributed by atoms with van der Waals surface area (Å²) >= 11 is 0. The van der Waals surface area contributed by atoms with Crippen LogP contribution in [-0.2, 0) is 10.0 Å². The van der Waals surface area contributed by atoms with Gasteiger partial charge in [-0.2, -0.15) is 0 Å². The topological polar surface area (TPSA) is 89.7 Å². The Balaban J connectivity index is 3.37. The van der Waals surface area contributed by atoms with Crippen LogP contribution in [0, 0.1) is 0 Å². The van der Waals surface area contributed by atoms with E-state index in [9.17, 15) is 13.2 Å². The average Bonchev–Trinajstić information content (AvgIpc) is 2.43. The van der Waals surface area contributed by atoms with Gasteiger partial charge in [-0.15, -0.1) is 0 Å². The summed E-state index contributed by atoms with van der Waals surface area (Å²) in [7, 11) is -0.777. The molecule has 0 aliphatic carbocycles. The van der Waals surface area contributed by atoms with E-state index >= 15 is 0 Å². The van der Waals surface area contributed by atoms with Crippen LogP contribution in [0.15, 0.2) is 23.1 Å². The standard InChI is InChI=1S/C14H22N2O4S/c1-6-14(2,3)16(4)13(17)11-9-10(21(15,18)19)7-8-12(11)20-5/h7-9H,6H2,1-5H3,(H2,15,18,19). The molecular weight excluding hydrogens is 292 g/mol. The molecule has 1 aromatic carbocycles. The number of hydrogen-bond acceptors (Lipinski definition) is 4. The van der Waals surface area contributed by atoms with Gasteiger partial charge in [0.1, 0.15) is 5.75 Å². The normalized spacial score (nSPS) is 12.1. The number of nitrogens with zero attached hydrogens (tertiary/aromatic N) is 1. The number of rotatable bonds is 5. The lowest BCUT2D eigenvalue weighted by molar-refractivity contribution is 0.0616. The third-order valence-electron chi connectivity index (χ3n) is 3.81. The van der Waals surface area contributed by atoms with Gasteiger partial charge in [0.2, 0.25) is 10.0 Å². The van der Waals surface area contributed by atoms with Crippen molar-refractivity contribution in [3.63, 3.8) is 0 Å². The number of amides is 1. The Bertz CT molecular complexity index is 638. The Morgan fingerprint density at radius 1 is 1.38 bits per heavy atom. The number of nitrogens with two attached hydrogens (primary N) is 1. The zero-order valence-electron chi connectivity index (χ0n) is 13.0. The lowest BCUT2D eigenvalue weighted by atomic mass is 9.98. The maximum atomic E-state index is 12.6. The molecular formula is C14H22N2O4S. The summed E-state index contributed by atoms with van der Waals surface area (Å²) in [5.74, 6) is -0.00430. The van der Waals surface area contributed by atoms with Crippen molar-refractivity contribution < 1.29 is 17.9 Å². The summed E-state index contributed by atoms with van der Waals surface area (Å²) in [5, 5.41) is 5.11. The van der Waals surface area contributed by atoms with Crippen molar-refractivity contribution >= 4 is 15.9 Å². The van der Waals surface area contributed by atoms with Gasteiger partial charge in [0.05, 0.1) is 17.6 Å². The van der Waals surface area contributed by atoms with Crippen LogP contribution in [-0.4, -0.2) is 38.9 Å². The Morgan fingerprint density at radius 2 is 1.95 bits per heavy atom. The highest BCUT2D eigenvalue weighted by Crippen LogP contribution is 2.26. The van der Waals surface area contributed by atoms with Crippen molar-refractivity contribution in [2.75, 3.05) is 14.2 Å². The lowest BCUT2D eigenvalue weighted by Gasteiger charge is -2.35. The summed E-state index contributed by atoms with van der Waals surface area (Å²) in [6.45, 7) is 5.84. The van der Waals surface area contributed by atoms with Gasteiger partial charge in [0, 0.05) is 12.6 Å². The van der Waals surface area contributed by atoms with Gasteiger partial charge in [0.15, 0.2) is 0 Å². The highest BCUT2D eigenvalue weighted by molar-refractivity contribution is 7.89. The third-order valence-corrected chi connectivity index (χ3v) is 4.72. The number of primary sulfonamides is 1. The van der Waals surface area contributed by atoms with Gasteiger partial charge in [-0.05, 0) is 38.5 Å². The molecule has 0 aliphatic rings. The van der Waals surface area contributed by atoms with E-state index in [0.717, 1.165) is 6.42 Å². The first kappa shape index (κ1) is 17.5. The SMILES string of the molecule is CCC(C)(C)N(C)C(=O)c1cc(S(N)(=O)=O)ccc1OC. The van der Waals surface area contributed by atoms with Crippen molar-refractivity contribution in [2.45, 2.75) is 37.6 Å². The first-order valence-electron chi connectivity index (χ1n) is 6.53. The van der Waals surface area contributed by atoms with Crippen LogP contribution in [0.1, 0.15) is 37.6 Å². The summed E-state index contributed by atoms with van der Waals surface area (Å²) in [4.78, 5) is 14.1. The molecule has 0 saturated heterocycles. The molecule has 0 fully saturated rings. The minimum atomic E-state index is -3.88. The number of hydrogen-bond donors (Lipinski definition) is 1. The van der Waals surface area contributed by atoms with Crippen LogP contribution in [0.2, 0.25) is 0 Å². The Hall–Kier alpha value is -1.60. The summed E-state index contributed by atoms with van der Waals surface area (Å²) in [6.07, 6.45) is 0.756. The summed E-state index contributed by atoms with van der Waals surface area (Å²) in [6, 6.07) is 3.99. The third kappa shape index (κ3) is 3.74. The van der Waals surface area contributed by atoms with Crippen molar-refractivity contribution in [1.29, 1.82) is 0 Å². The predicted octanol–water partition coefficient (Wildman–Crippen LogP) is 1.60. The second-order valence-corrected chi connectivity index (χ2v) is 7.00. The van der Waals surface area contributed by atoms with Crippen molar-refractivity contribution in [3.8, 4) is 5.75 Å². The summed E-state index contributed by atoms with van der Waals surface area (Å²) in [5.41, 5.74) is -0.187. The smallest absolute Gasteiger partial charge is 0.257 e. The van der Waals surface area contributed by atoms with Gasteiger partial charge in [0.25, 0.3) is 5.91 Å². The van der Waals surface area contributed by atoms with E-state index in [1.54, 1.807) is 11.9 Å². The predicted molar refractivity (Wildman–Crippen MR) is 80.8 cm³/mol. The van der Waals surface area contributed by atoms with Gasteiger partial charge in [-0.25, -0.2) is 13.6 Å². The molecule has 6 nitrogen and oxygen atoms in total. The maximum Gasteiger partial charge on any atom is 0.257 e. The van der Waals surface area contributed by atoms with Crippen LogP contribution < -0.4 is 9.88 Å². The number of sulfonamides is 1. The molecule has 0 aliphatic heterocycles. The minimum absolute atomic E-state index is 0.116. The molecule has 1 amide bonds. The van der Waals surface area contributed by atoms with E-state index < -0.39 is 10.0 Å². The summed E-state index contributed by atoms with van der Waals surface area (Å²) < 4.78 is 28.0. The van der Waals surface area contributed by atoms with Crippen molar-refractivity contribution in [1.82, 2.24) is 4.90 Å². The van der Waals surface area contributed by atoms with Gasteiger partial charge in [-0.3, -0.25) is 4.79 Å². The fraction of sp³-hybridized carbons (Fsp3) is 0.500. The van der Waals surface area contributed by atoms with E-state index in [4.69, 9.17) is 9.88 Å². The lowest BCUT2D eigenvalue weighted by Crippen LogP contribution is -2.44. The van der Waals surface area contributed by atoms with Crippen LogP contribution in [0.5, 0.6) is 5.75 Å². The van der Waals surface area contributed by atoms with Gasteiger partial charge in [-0.1, -0.05) is 6.92 Å². The Labute approximate surface area is 125 Å². The number of benzene rings is 1. The molecule has 0 aromatic heterocycles. The van der Waals surface area contributed by atoms with E-state index in [0.29, 0.717) is 5.75 Å². The number of ether oxygens (including phenoxy) is 1. The molecule has 0 unspecified atom stereocenters. The highest BCUT2D eigenvalue weighted by atomic mass is 32.2. The zero-order chi connectivity index (χ0) is 16.4. The molecule has 0 radical (unpaired) electrons. The second-order valence-electron chi connectivity index (χ2n) is 5.44. The molecule has 0 atom stereocenters. The number of methoxy groups -OCH3 is 1. The second kappa shape index (κ2) is 6.03. The van der Waals surface area contributed by atoms with Crippen LogP contribution in [0.4, 0.5) is 0 Å². The fourth-order valence-corrected chi connectivity index (χ4v) is 2.26. The molecule has 0 bridgehead atoms. The first-order chi connectivity index (χ1) is 9.54. The molecule has 7 heteroatoms. The largest absolute Gasteiger partial charge is 0.496 e. The number of carbonyl (C=O) groups is 1. The zero-order valence-corrected chi connectivity index (χ0v) is 13.8. The molecule has 0 saturated carbocycles. The average molecular weight is 314 g/mol. The van der Waals surface area contributed by atoms with Crippen LogP contribution in [0.3, 0.4) is 0 Å². The highest BCUT2D eigenvalue weighted by Gasteiger charge is 2.29. The van der Waals surface area contributed by atoms with E-state index in [2.05, 4.69) is 0 Å². The van der Waals surface area contributed by atoms with Crippen LogP contribution >= 0.6 is 0 Å². The van der Waals surface area contributed by atoms with Crippen molar-refractivity contribution in [2.24, 2.45) is 5.14 Å². The first-order valence-corrected chi connectivity index (χ1v) is 8.08. The minimum Gasteiger partial charge on any atom is -0.496 e. The molecule has 0 heterocycles. The van der Waals surface area contributed by atoms with E-state index in [1.165, 1.54) is 25.3 Å². The molecule has 21 heavy (non-hydrogen) atoms. The van der Waals surface area contributed by atoms with E-state index in [1.807, 2.05) is 20.8 Å².